The lowest BCUT2D eigenvalue weighted by atomic mass is 9.86. The predicted molar refractivity (Wildman–Crippen MR) is 179 cm³/mol. The third kappa shape index (κ3) is 8.13. The van der Waals surface area contributed by atoms with Crippen molar-refractivity contribution in [3.05, 3.63) is 41.7 Å². The first-order valence-electron chi connectivity index (χ1n) is 16.5. The van der Waals surface area contributed by atoms with Crippen LogP contribution in [0.1, 0.15) is 74.5 Å². The Morgan fingerprint density at radius 2 is 1.67 bits per heavy atom. The Morgan fingerprint density at radius 3 is 2.25 bits per heavy atom. The van der Waals surface area contributed by atoms with E-state index < -0.39 is 103 Å². The summed E-state index contributed by atoms with van der Waals surface area (Å²) in [7, 11) is -7.26. The van der Waals surface area contributed by atoms with Crippen LogP contribution in [-0.2, 0) is 44.6 Å². The van der Waals surface area contributed by atoms with Crippen LogP contribution in [0, 0.1) is 0 Å². The van der Waals surface area contributed by atoms with Gasteiger partial charge in [0.2, 0.25) is 27.6 Å². The molecule has 3 saturated heterocycles. The van der Waals surface area contributed by atoms with Crippen molar-refractivity contribution in [3.8, 4) is 0 Å². The van der Waals surface area contributed by atoms with E-state index in [-0.39, 0.29) is 29.1 Å². The van der Waals surface area contributed by atoms with E-state index in [0.717, 1.165) is 24.2 Å². The minimum atomic E-state index is -3.72. The average molecular weight is 751 g/mol. The van der Waals surface area contributed by atoms with Gasteiger partial charge in [-0.2, -0.15) is 4.31 Å². The van der Waals surface area contributed by atoms with Crippen LogP contribution in [0.25, 0.3) is 0 Å². The molecule has 4 amide bonds. The zero-order chi connectivity index (χ0) is 37.4. The Morgan fingerprint density at radius 1 is 1.04 bits per heavy atom. The van der Waals surface area contributed by atoms with Crippen LogP contribution in [0.3, 0.4) is 0 Å². The number of carbonyl (C=O) groups is 5. The fourth-order valence-electron chi connectivity index (χ4n) is 6.71. The molecular weight excluding hydrogens is 709 g/mol. The van der Waals surface area contributed by atoms with Crippen LogP contribution < -0.4 is 16.4 Å². The van der Waals surface area contributed by atoms with Crippen molar-refractivity contribution >= 4 is 49.3 Å². The second-order valence-electron chi connectivity index (χ2n) is 13.7. The van der Waals surface area contributed by atoms with Gasteiger partial charge in [-0.05, 0) is 63.8 Å². The van der Waals surface area contributed by atoms with E-state index in [0.29, 0.717) is 13.1 Å². The number of carbonyl (C=O) groups excluding carboxylic acids is 5. The number of Topliss-reactive ketones (excluding diaryl/α,β-unsaturated/α-hetero) is 1. The molecule has 3 aliphatic heterocycles. The van der Waals surface area contributed by atoms with Crippen LogP contribution >= 0.6 is 0 Å². The van der Waals surface area contributed by atoms with E-state index in [2.05, 4.69) is 20.9 Å². The highest BCUT2D eigenvalue weighted by Gasteiger charge is 2.50. The second kappa shape index (κ2) is 14.4. The molecule has 18 nitrogen and oxygen atoms in total. The summed E-state index contributed by atoms with van der Waals surface area (Å²) in [5.41, 5.74) is 2.35. The highest BCUT2D eigenvalue weighted by Crippen LogP contribution is 2.33. The van der Waals surface area contributed by atoms with Crippen molar-refractivity contribution in [2.45, 2.75) is 80.5 Å². The number of nitrogens with two attached hydrogens (primary N) is 1. The van der Waals surface area contributed by atoms with Gasteiger partial charge in [0.25, 0.3) is 11.8 Å². The molecule has 5 rings (SSSR count). The molecule has 0 aliphatic carbocycles. The van der Waals surface area contributed by atoms with E-state index in [1.165, 1.54) is 53.3 Å². The van der Waals surface area contributed by atoms with Crippen LogP contribution in [0.4, 0.5) is 0 Å². The van der Waals surface area contributed by atoms with Crippen molar-refractivity contribution in [1.82, 2.24) is 34.8 Å². The lowest BCUT2D eigenvalue weighted by molar-refractivity contribution is -0.144. The van der Waals surface area contributed by atoms with Gasteiger partial charge in [-0.25, -0.2) is 21.5 Å². The summed E-state index contributed by atoms with van der Waals surface area (Å²) in [4.78, 5) is 66.8. The number of benzene rings is 1. The molecule has 278 valence electrons. The molecule has 0 unspecified atom stereocenters. The minimum absolute atomic E-state index is 0.0377. The Labute approximate surface area is 295 Å². The lowest BCUT2D eigenvalue weighted by Gasteiger charge is -2.37. The van der Waals surface area contributed by atoms with Gasteiger partial charge in [0.05, 0.1) is 40.9 Å². The second-order valence-corrected chi connectivity index (χ2v) is 17.9. The van der Waals surface area contributed by atoms with Crippen molar-refractivity contribution in [3.63, 3.8) is 0 Å². The molecule has 0 saturated carbocycles. The number of aliphatic hydroxyl groups is 1. The summed E-state index contributed by atoms with van der Waals surface area (Å²) >= 11 is 0. The van der Waals surface area contributed by atoms with Gasteiger partial charge in [0, 0.05) is 31.6 Å². The number of nitrogens with zero attached hydrogens (tertiary/aromatic N) is 5. The molecule has 1 aromatic heterocycles. The van der Waals surface area contributed by atoms with Gasteiger partial charge in [0.1, 0.15) is 17.2 Å². The van der Waals surface area contributed by atoms with Crippen LogP contribution in [-0.4, -0.2) is 125 Å². The molecule has 4 heterocycles. The van der Waals surface area contributed by atoms with Crippen LogP contribution in [0.2, 0.25) is 0 Å². The van der Waals surface area contributed by atoms with Gasteiger partial charge in [-0.15, -0.1) is 5.10 Å². The minimum Gasteiger partial charge on any atom is -0.384 e. The molecule has 3 fully saturated rings. The van der Waals surface area contributed by atoms with Gasteiger partial charge >= 0.3 is 0 Å². The normalized spacial score (nSPS) is 22.2. The first-order chi connectivity index (χ1) is 23.8. The van der Waals surface area contributed by atoms with Crippen molar-refractivity contribution < 1.29 is 45.9 Å². The highest BCUT2D eigenvalue weighted by molar-refractivity contribution is 7.91. The number of hydrogen-bond donors (Lipinski definition) is 4. The Kier molecular flexibility index (Phi) is 10.7. The number of ketones is 1. The Balaban J connectivity index is 1.34. The first-order valence-corrected chi connectivity index (χ1v) is 19.8. The summed E-state index contributed by atoms with van der Waals surface area (Å²) < 4.78 is 53.1. The smallest absolute Gasteiger partial charge is 0.287 e. The number of likely N-dealkylation sites (tertiary alicyclic amines) is 1. The molecule has 0 spiro atoms. The van der Waals surface area contributed by atoms with E-state index in [1.54, 1.807) is 0 Å². The van der Waals surface area contributed by atoms with E-state index in [9.17, 15) is 45.9 Å². The van der Waals surface area contributed by atoms with E-state index in [4.69, 9.17) is 5.73 Å². The largest absolute Gasteiger partial charge is 0.384 e. The van der Waals surface area contributed by atoms with Crippen LogP contribution in [0.5, 0.6) is 0 Å². The summed E-state index contributed by atoms with van der Waals surface area (Å²) in [6.07, 6.45) is 2.96. The topological polar surface area (TPSA) is 261 Å². The third-order valence-electron chi connectivity index (χ3n) is 9.62. The quantitative estimate of drug-likeness (QED) is 0.189. The number of nitrogens with one attached hydrogen (secondary N) is 2. The maximum Gasteiger partial charge on any atom is 0.287 e. The number of sulfonamides is 1. The summed E-state index contributed by atoms with van der Waals surface area (Å²) in [5, 5.41) is 23.6. The lowest BCUT2D eigenvalue weighted by Crippen LogP contribution is -2.64. The first kappa shape index (κ1) is 38.0. The summed E-state index contributed by atoms with van der Waals surface area (Å²) in [6, 6.07) is 3.33. The van der Waals surface area contributed by atoms with Crippen molar-refractivity contribution in [2.24, 2.45) is 5.73 Å². The molecule has 0 radical (unpaired) electrons. The standard InChI is InChI=1S/C31H42N8O10S2/c1-30(2,45)24-17-34-36-39(24)21-16-23(29(44)35-31(26(41)27(32)42)10-14-50(46,47)15-11-31)38(19-21)25(40)18-33-28(43)20-6-8-22(9-7-20)51(48,49)37-12-4-3-5-13-37/h6-9,17,21,23,45H,3-5,10-16,18-19H2,1-2H3,(H2,32,42)(H,33,43)(H,35,44)/t21-,23-/m0/s1. The third-order valence-corrected chi connectivity index (χ3v) is 13.2. The van der Waals surface area contributed by atoms with Gasteiger partial charge in [-0.1, -0.05) is 11.6 Å². The molecule has 0 bridgehead atoms. The number of aromatic nitrogens is 3. The molecule has 2 aromatic rings. The average Bonchev–Trinajstić information content (AvgIpc) is 3.77. The zero-order valence-electron chi connectivity index (χ0n) is 28.3. The molecule has 51 heavy (non-hydrogen) atoms. The number of primary amides is 1. The molecule has 20 heteroatoms. The number of amides is 4. The summed E-state index contributed by atoms with van der Waals surface area (Å²) in [6.45, 7) is 3.14. The zero-order valence-corrected chi connectivity index (χ0v) is 29.9. The van der Waals surface area contributed by atoms with Crippen molar-refractivity contribution in [1.29, 1.82) is 0 Å². The maximum absolute atomic E-state index is 13.9. The van der Waals surface area contributed by atoms with Gasteiger partial charge in [-0.3, -0.25) is 24.0 Å². The molecule has 3 aliphatic rings. The van der Waals surface area contributed by atoms with Crippen molar-refractivity contribution in [2.75, 3.05) is 37.7 Å². The number of sulfone groups is 1. The maximum atomic E-state index is 13.9. The SMILES string of the molecule is CC(C)(O)c1cnnn1[C@H]1C[C@@H](C(=O)NC2(C(=O)C(N)=O)CCS(=O)(=O)CC2)N(C(=O)CNC(=O)c2ccc(S(=O)(=O)N3CCCCC3)cc2)C1. The Hall–Kier alpha value is -4.27. The summed E-state index contributed by atoms with van der Waals surface area (Å²) in [5.74, 6) is -5.73. The predicted octanol–water partition coefficient (Wildman–Crippen LogP) is -1.63. The van der Waals surface area contributed by atoms with E-state index in [1.807, 2.05) is 0 Å². The van der Waals surface area contributed by atoms with Gasteiger partial charge < -0.3 is 26.4 Å². The Bertz CT molecular complexity index is 1900. The van der Waals surface area contributed by atoms with Gasteiger partial charge in [0.15, 0.2) is 9.84 Å². The fourth-order valence-corrected chi connectivity index (χ4v) is 9.75. The molecule has 2 atom stereocenters. The fraction of sp³-hybridized carbons (Fsp3) is 0.581. The molecular formula is C31H42N8O10S2. The van der Waals surface area contributed by atoms with Crippen LogP contribution in [0.15, 0.2) is 35.4 Å². The number of piperidine rings is 1. The number of hydrogen-bond acceptors (Lipinski definition) is 12. The van der Waals surface area contributed by atoms with E-state index >= 15 is 0 Å². The highest BCUT2D eigenvalue weighted by atomic mass is 32.2. The molecule has 5 N–H and O–H groups in total. The molecule has 1 aromatic carbocycles. The number of rotatable bonds is 11. The monoisotopic (exact) mass is 750 g/mol.